The molecule has 0 spiro atoms. The number of unbranched alkanes of at least 4 members (excludes halogenated alkanes) is 3. The summed E-state index contributed by atoms with van der Waals surface area (Å²) in [5.74, 6) is -8.25. The Hall–Kier alpha value is -6.72. The lowest BCUT2D eigenvalue weighted by Gasteiger charge is -2.33. The number of aliphatic carboxylic acids is 1. The van der Waals surface area contributed by atoms with Crippen molar-refractivity contribution in [2.75, 3.05) is 45.8 Å². The molecule has 0 radical (unpaired) electrons. The summed E-state index contributed by atoms with van der Waals surface area (Å²) in [6, 6.07) is -11.3. The molecule has 3 heterocycles. The fraction of sp³-hybridized carbons (Fsp3) is 0.774. The summed E-state index contributed by atoms with van der Waals surface area (Å²) in [5.41, 5.74) is 39.4. The zero-order valence-corrected chi connectivity index (χ0v) is 48.2. The van der Waals surface area contributed by atoms with E-state index in [4.69, 9.17) is 40.1 Å². The highest BCUT2D eigenvalue weighted by molar-refractivity contribution is 5.99. The second kappa shape index (κ2) is 36.0. The topological polar surface area (TPSA) is 484 Å². The van der Waals surface area contributed by atoms with Crippen LogP contribution in [0.1, 0.15) is 149 Å². The number of carbonyl (C=O) groups is 11. The van der Waals surface area contributed by atoms with E-state index in [2.05, 4.69) is 36.9 Å². The fourth-order valence-corrected chi connectivity index (χ4v) is 10.4. The Labute approximate surface area is 480 Å². The van der Waals surface area contributed by atoms with Crippen molar-refractivity contribution < 1.29 is 57.8 Å². The summed E-state index contributed by atoms with van der Waals surface area (Å²) in [7, 11) is 0. The Kier molecular flexibility index (Phi) is 30.5. The van der Waals surface area contributed by atoms with E-state index >= 15 is 0 Å². The van der Waals surface area contributed by atoms with Gasteiger partial charge in [-0.3, -0.25) is 52.9 Å². The average Bonchev–Trinajstić information content (AvgIpc) is 4.42. The van der Waals surface area contributed by atoms with Crippen molar-refractivity contribution in [3.63, 3.8) is 0 Å². The van der Waals surface area contributed by atoms with E-state index in [9.17, 15) is 57.8 Å². The summed E-state index contributed by atoms with van der Waals surface area (Å²) in [6.07, 6.45) is 5.85. The Morgan fingerprint density at radius 1 is 0.512 bits per heavy atom. The summed E-state index contributed by atoms with van der Waals surface area (Å²) >= 11 is 0. The first-order chi connectivity index (χ1) is 38.9. The third-order valence-corrected chi connectivity index (χ3v) is 14.9. The van der Waals surface area contributed by atoms with Crippen LogP contribution in [0.25, 0.3) is 0 Å². The van der Waals surface area contributed by atoms with E-state index < -0.39 is 125 Å². The Balaban J connectivity index is 1.75. The number of carboxylic acid groups (broad SMARTS) is 1. The number of carbonyl (C=O) groups excluding carboxylic acids is 10. The molecule has 3 aliphatic rings. The summed E-state index contributed by atoms with van der Waals surface area (Å²) in [5, 5.41) is 25.9. The maximum atomic E-state index is 14.3. The quantitative estimate of drug-likeness (QED) is 0.0160. The average molecular weight is 1160 g/mol. The molecule has 29 nitrogen and oxygen atoms in total. The van der Waals surface area contributed by atoms with Crippen molar-refractivity contribution in [1.82, 2.24) is 46.6 Å². The van der Waals surface area contributed by atoms with E-state index in [1.54, 1.807) is 13.8 Å². The van der Waals surface area contributed by atoms with Crippen LogP contribution in [0.2, 0.25) is 0 Å². The Morgan fingerprint density at radius 3 is 1.51 bits per heavy atom. The van der Waals surface area contributed by atoms with Crippen molar-refractivity contribution in [2.45, 2.75) is 210 Å². The van der Waals surface area contributed by atoms with Gasteiger partial charge in [0.05, 0.1) is 6.04 Å². The number of nitrogens with zero attached hydrogens (tertiary/aromatic N) is 4. The van der Waals surface area contributed by atoms with Gasteiger partial charge < -0.3 is 91.8 Å². The van der Waals surface area contributed by atoms with Gasteiger partial charge in [0.1, 0.15) is 54.4 Å². The van der Waals surface area contributed by atoms with Crippen LogP contribution in [0.3, 0.4) is 0 Å². The molecule has 10 amide bonds. The van der Waals surface area contributed by atoms with Gasteiger partial charge in [-0.05, 0) is 148 Å². The molecule has 0 unspecified atom stereocenters. The van der Waals surface area contributed by atoms with Crippen LogP contribution in [0.15, 0.2) is 4.99 Å². The van der Waals surface area contributed by atoms with Gasteiger partial charge in [0, 0.05) is 32.6 Å². The van der Waals surface area contributed by atoms with Crippen LogP contribution in [0, 0.1) is 5.92 Å². The number of guanidine groups is 1. The van der Waals surface area contributed by atoms with Crippen LogP contribution in [-0.2, 0) is 52.7 Å². The minimum atomic E-state index is -1.41. The van der Waals surface area contributed by atoms with Gasteiger partial charge >= 0.3 is 5.97 Å². The molecule has 0 aromatic heterocycles. The van der Waals surface area contributed by atoms with Gasteiger partial charge in [0.2, 0.25) is 59.1 Å². The van der Waals surface area contributed by atoms with Gasteiger partial charge in [-0.1, -0.05) is 20.3 Å². The van der Waals surface area contributed by atoms with Crippen LogP contribution in [0.5, 0.6) is 0 Å². The fourth-order valence-electron chi connectivity index (χ4n) is 10.4. The Morgan fingerprint density at radius 2 is 0.963 bits per heavy atom. The largest absolute Gasteiger partial charge is 0.480 e. The zero-order valence-electron chi connectivity index (χ0n) is 48.2. The SMILES string of the molecule is CC(C)C[C@H](NC(=O)[C@H](CCCCN)NC(=O)[C@H](C)NC(=O)[C@@H]1CCCN1C(=O)[C@@H]1CCCN1C(=O)[C@H](CCCCN)NC(=O)[C@@H](N)CCCCN)C(=O)N[C@@H](CCC(N)=O)C(=O)N1CCC[C@H]1C(=O)N[C@@H](CCCN=C(N)N)C(=O)O. The van der Waals surface area contributed by atoms with E-state index in [0.29, 0.717) is 83.7 Å². The summed E-state index contributed by atoms with van der Waals surface area (Å²) in [4.78, 5) is 158. The minimum Gasteiger partial charge on any atom is -0.480 e. The van der Waals surface area contributed by atoms with E-state index in [1.165, 1.54) is 21.6 Å². The molecule has 82 heavy (non-hydrogen) atoms. The normalized spacial score (nSPS) is 19.4. The van der Waals surface area contributed by atoms with Crippen LogP contribution in [-0.4, -0.2) is 197 Å². The number of primary amides is 1. The molecule has 0 aromatic rings. The predicted molar refractivity (Wildman–Crippen MR) is 304 cm³/mol. The lowest BCUT2D eigenvalue weighted by molar-refractivity contribution is -0.148. The number of nitrogens with two attached hydrogens (primary N) is 7. The summed E-state index contributed by atoms with van der Waals surface area (Å²) in [6.45, 7) is 6.78. The third kappa shape index (κ3) is 22.6. The number of carboxylic acids is 1. The molecular weight excluding hydrogens is 1070 g/mol. The molecule has 10 atom stereocenters. The third-order valence-electron chi connectivity index (χ3n) is 14.9. The van der Waals surface area contributed by atoms with Crippen molar-refractivity contribution in [3.05, 3.63) is 0 Å². The highest BCUT2D eigenvalue weighted by Gasteiger charge is 2.45. The molecule has 0 saturated carbocycles. The first-order valence-electron chi connectivity index (χ1n) is 29.1. The molecule has 0 bridgehead atoms. The van der Waals surface area contributed by atoms with Gasteiger partial charge in [-0.15, -0.1) is 0 Å². The molecule has 3 fully saturated rings. The van der Waals surface area contributed by atoms with Gasteiger partial charge in [0.15, 0.2) is 5.96 Å². The molecular formula is C53H95N17O12. The number of rotatable bonds is 37. The number of nitrogens with one attached hydrogen (secondary N) is 6. The van der Waals surface area contributed by atoms with Gasteiger partial charge in [-0.2, -0.15) is 0 Å². The molecule has 464 valence electrons. The number of hydrogen-bond donors (Lipinski definition) is 14. The van der Waals surface area contributed by atoms with Crippen molar-refractivity contribution in [3.8, 4) is 0 Å². The minimum absolute atomic E-state index is 0.0159. The molecule has 21 N–H and O–H groups in total. The Bertz CT molecular complexity index is 2200. The van der Waals surface area contributed by atoms with Crippen LogP contribution < -0.4 is 72.0 Å². The van der Waals surface area contributed by atoms with Crippen molar-refractivity contribution in [1.29, 1.82) is 0 Å². The first kappa shape index (κ1) is 69.5. The molecule has 0 aromatic carbocycles. The highest BCUT2D eigenvalue weighted by atomic mass is 16.4. The number of likely N-dealkylation sites (tertiary alicyclic amines) is 3. The lowest BCUT2D eigenvalue weighted by Crippen LogP contribution is -2.60. The van der Waals surface area contributed by atoms with Crippen molar-refractivity contribution in [2.24, 2.45) is 51.0 Å². The standard InChI is InChI=1S/C53H95N17O12/c1-31(2)30-38(46(75)65-36(21-22-42(58)71)50(79)68-27-11-19-40(68)48(77)66-37(52(81)82)17-10-26-61-53(59)60)67-45(74)34(15-5-8-24-55)63-43(72)32(3)62-47(76)39-18-12-28-69(39)51(80)41-20-13-29-70(41)49(78)35(16-6-9-25-56)64-44(73)33(57)14-4-7-23-54/h31-41H,4-30,54-57H2,1-3H3,(H2,58,71)(H,62,76)(H,63,72)(H,64,73)(H,65,75)(H,66,77)(H,67,74)(H,81,82)(H4,59,60,61)/t32-,33-,34-,35-,36-,37-,38-,39-,40-,41-/m0/s1. The maximum Gasteiger partial charge on any atom is 0.326 e. The number of amides is 10. The zero-order chi connectivity index (χ0) is 61.1. The predicted octanol–water partition coefficient (Wildman–Crippen LogP) is -3.95. The van der Waals surface area contributed by atoms with E-state index in [-0.39, 0.29) is 102 Å². The maximum absolute atomic E-state index is 14.3. The van der Waals surface area contributed by atoms with E-state index in [0.717, 1.165) is 0 Å². The monoisotopic (exact) mass is 1160 g/mol. The first-order valence-corrected chi connectivity index (χ1v) is 29.1. The molecule has 3 aliphatic heterocycles. The highest BCUT2D eigenvalue weighted by Crippen LogP contribution is 2.27. The molecule has 29 heteroatoms. The molecule has 0 aliphatic carbocycles. The second-order valence-corrected chi connectivity index (χ2v) is 22.0. The van der Waals surface area contributed by atoms with E-state index in [1.807, 2.05) is 0 Å². The van der Waals surface area contributed by atoms with Crippen LogP contribution >= 0.6 is 0 Å². The van der Waals surface area contributed by atoms with Crippen molar-refractivity contribution >= 4 is 71.0 Å². The van der Waals surface area contributed by atoms with Gasteiger partial charge in [0.25, 0.3) is 0 Å². The summed E-state index contributed by atoms with van der Waals surface area (Å²) < 4.78 is 0. The lowest BCUT2D eigenvalue weighted by atomic mass is 10.0. The number of hydrogen-bond acceptors (Lipinski definition) is 16. The molecule has 3 saturated heterocycles. The van der Waals surface area contributed by atoms with Crippen LogP contribution in [0.4, 0.5) is 0 Å². The molecule has 3 rings (SSSR count). The van der Waals surface area contributed by atoms with Gasteiger partial charge in [-0.25, -0.2) is 4.79 Å². The number of aliphatic imine (C=N–C) groups is 1. The smallest absolute Gasteiger partial charge is 0.326 e. The second-order valence-electron chi connectivity index (χ2n) is 22.0.